The molecule has 184 valence electrons. The minimum absolute atomic E-state index is 0.154. The first-order valence-electron chi connectivity index (χ1n) is 12.0. The van der Waals surface area contributed by atoms with Crippen molar-refractivity contribution in [3.05, 3.63) is 107 Å². The molecule has 1 aliphatic rings. The minimum atomic E-state index is -0.228. The zero-order valence-corrected chi connectivity index (χ0v) is 22.0. The van der Waals surface area contributed by atoms with E-state index in [9.17, 15) is 4.39 Å². The van der Waals surface area contributed by atoms with Crippen LogP contribution in [-0.4, -0.2) is 28.8 Å². The average molecular weight is 500 g/mol. The predicted octanol–water partition coefficient (Wildman–Crippen LogP) is 6.18. The lowest BCUT2D eigenvalue weighted by atomic mass is 9.96. The van der Waals surface area contributed by atoms with E-state index in [0.717, 1.165) is 39.7 Å². The second-order valence-corrected chi connectivity index (χ2v) is 9.89. The molecule has 36 heavy (non-hydrogen) atoms. The second-order valence-electron chi connectivity index (χ2n) is 9.50. The van der Waals surface area contributed by atoms with Crippen molar-refractivity contribution in [1.29, 1.82) is 0 Å². The molecule has 2 atom stereocenters. The van der Waals surface area contributed by atoms with Crippen LogP contribution in [0.5, 0.6) is 0 Å². The van der Waals surface area contributed by atoms with E-state index in [-0.39, 0.29) is 17.9 Å². The largest absolute Gasteiger partial charge is 0.378 e. The van der Waals surface area contributed by atoms with Crippen LogP contribution in [0, 0.1) is 26.6 Å². The Kier molecular flexibility index (Phi) is 6.26. The van der Waals surface area contributed by atoms with Crippen LogP contribution in [0.3, 0.4) is 0 Å². The maximum absolute atomic E-state index is 14.1. The van der Waals surface area contributed by atoms with E-state index < -0.39 is 0 Å². The number of aromatic nitrogens is 2. The second kappa shape index (κ2) is 9.39. The Hall–Kier alpha value is -3.71. The highest BCUT2D eigenvalue weighted by molar-refractivity contribution is 7.80. The Morgan fingerprint density at radius 2 is 1.67 bits per heavy atom. The monoisotopic (exact) mass is 499 g/mol. The van der Waals surface area contributed by atoms with Crippen molar-refractivity contribution >= 4 is 28.7 Å². The van der Waals surface area contributed by atoms with Gasteiger partial charge in [-0.3, -0.25) is 4.98 Å². The van der Waals surface area contributed by atoms with E-state index in [2.05, 4.69) is 68.8 Å². The molecule has 0 spiro atoms. The highest BCUT2D eigenvalue weighted by Gasteiger charge is 2.42. The van der Waals surface area contributed by atoms with Crippen LogP contribution in [-0.2, 0) is 0 Å². The molecule has 0 bridgehead atoms. The van der Waals surface area contributed by atoms with Crippen molar-refractivity contribution in [1.82, 2.24) is 14.9 Å². The van der Waals surface area contributed by atoms with Crippen LogP contribution in [0.15, 0.2) is 72.9 Å². The quantitative estimate of drug-likeness (QED) is 0.332. The van der Waals surface area contributed by atoms with Crippen LogP contribution < -0.4 is 15.1 Å². The first-order valence-corrected chi connectivity index (χ1v) is 12.4. The number of hydrogen-bond acceptors (Lipinski definition) is 3. The summed E-state index contributed by atoms with van der Waals surface area (Å²) < 4.78 is 16.4. The van der Waals surface area contributed by atoms with Crippen LogP contribution >= 0.6 is 12.2 Å². The summed E-state index contributed by atoms with van der Waals surface area (Å²) in [5.41, 5.74) is 8.02. The molecule has 1 aliphatic heterocycles. The molecule has 1 fully saturated rings. The van der Waals surface area contributed by atoms with Gasteiger partial charge in [-0.1, -0.05) is 6.07 Å². The summed E-state index contributed by atoms with van der Waals surface area (Å²) in [6.07, 6.45) is 1.80. The summed E-state index contributed by atoms with van der Waals surface area (Å²) in [4.78, 5) is 8.85. The van der Waals surface area contributed by atoms with Gasteiger partial charge in [-0.15, -0.1) is 0 Å². The molecule has 0 amide bonds. The van der Waals surface area contributed by atoms with E-state index >= 15 is 0 Å². The maximum Gasteiger partial charge on any atom is 0.174 e. The van der Waals surface area contributed by atoms with Crippen molar-refractivity contribution in [2.24, 2.45) is 0 Å². The number of anilines is 2. The van der Waals surface area contributed by atoms with Gasteiger partial charge in [-0.05, 0) is 105 Å². The topological polar surface area (TPSA) is 36.3 Å². The first kappa shape index (κ1) is 24.0. The summed E-state index contributed by atoms with van der Waals surface area (Å²) in [5, 5.41) is 4.10. The van der Waals surface area contributed by atoms with E-state index in [1.54, 1.807) is 19.2 Å². The molecule has 0 unspecified atom stereocenters. The van der Waals surface area contributed by atoms with Gasteiger partial charge in [0.05, 0.1) is 17.8 Å². The molecule has 3 heterocycles. The molecular formula is C29H30FN5S. The molecule has 1 N–H and O–H groups in total. The summed E-state index contributed by atoms with van der Waals surface area (Å²) in [6.45, 7) is 6.05. The van der Waals surface area contributed by atoms with Gasteiger partial charge in [-0.2, -0.15) is 0 Å². The van der Waals surface area contributed by atoms with Crippen molar-refractivity contribution in [3.8, 4) is 5.69 Å². The van der Waals surface area contributed by atoms with E-state index in [0.29, 0.717) is 10.7 Å². The molecule has 1 saturated heterocycles. The number of pyridine rings is 1. The number of benzene rings is 2. The molecule has 2 aromatic carbocycles. The van der Waals surface area contributed by atoms with Crippen molar-refractivity contribution in [2.45, 2.75) is 32.9 Å². The number of halogens is 1. The molecule has 0 saturated carbocycles. The molecule has 7 heteroatoms. The Morgan fingerprint density at radius 3 is 2.31 bits per heavy atom. The van der Waals surface area contributed by atoms with Gasteiger partial charge in [0.1, 0.15) is 5.82 Å². The first-order chi connectivity index (χ1) is 17.3. The smallest absolute Gasteiger partial charge is 0.174 e. The SMILES string of the molecule is Cc1cc(N2C(=S)N[C@H](c3ccccn3)[C@@H]2c2cc(C)n(-c3ccc(N(C)C)cc3)c2C)ccc1F. The van der Waals surface area contributed by atoms with Crippen LogP contribution in [0.25, 0.3) is 5.69 Å². The number of rotatable bonds is 5. The summed E-state index contributed by atoms with van der Waals surface area (Å²) in [6, 6.07) is 21.6. The fraction of sp³-hybridized carbons (Fsp3) is 0.241. The third-order valence-corrected chi connectivity index (χ3v) is 7.25. The number of nitrogens with one attached hydrogen (secondary N) is 1. The molecule has 5 nitrogen and oxygen atoms in total. The molecule has 5 rings (SSSR count). The van der Waals surface area contributed by atoms with Crippen LogP contribution in [0.1, 0.15) is 40.3 Å². The fourth-order valence-electron chi connectivity index (χ4n) is 5.11. The standard InChI is InChI=1S/C29H30FN5S/c1-18-16-23(13-14-25(18)30)35-28(27(32-29(35)36)26-8-6-7-15-31-26)24-17-19(2)34(20(24)3)22-11-9-21(10-12-22)33(4)5/h6-17,27-28H,1-5H3,(H,32,36)/t27-,28+/m1/s1. The summed E-state index contributed by atoms with van der Waals surface area (Å²) >= 11 is 5.85. The van der Waals surface area contributed by atoms with Gasteiger partial charge in [0.15, 0.2) is 5.11 Å². The molecule has 2 aromatic heterocycles. The zero-order chi connectivity index (χ0) is 25.6. The third-order valence-electron chi connectivity index (χ3n) is 6.93. The number of thiocarbonyl (C=S) groups is 1. The van der Waals surface area contributed by atoms with Crippen LogP contribution in [0.4, 0.5) is 15.8 Å². The van der Waals surface area contributed by atoms with Crippen molar-refractivity contribution < 1.29 is 4.39 Å². The average Bonchev–Trinajstić information content (AvgIpc) is 3.36. The Balaban J connectivity index is 1.65. The van der Waals surface area contributed by atoms with Gasteiger partial charge in [0, 0.05) is 48.7 Å². The fourth-order valence-corrected chi connectivity index (χ4v) is 5.46. The van der Waals surface area contributed by atoms with Gasteiger partial charge in [0.25, 0.3) is 0 Å². The van der Waals surface area contributed by atoms with Crippen molar-refractivity contribution in [2.75, 3.05) is 23.9 Å². The lowest BCUT2D eigenvalue weighted by molar-refractivity contribution is 0.564. The molecular weight excluding hydrogens is 469 g/mol. The maximum atomic E-state index is 14.1. The molecule has 0 aliphatic carbocycles. The van der Waals surface area contributed by atoms with Gasteiger partial charge >= 0.3 is 0 Å². The summed E-state index contributed by atoms with van der Waals surface area (Å²) in [7, 11) is 4.08. The van der Waals surface area contributed by atoms with Gasteiger partial charge < -0.3 is 19.7 Å². The van der Waals surface area contributed by atoms with E-state index in [4.69, 9.17) is 12.2 Å². The van der Waals surface area contributed by atoms with Gasteiger partial charge in [0.2, 0.25) is 0 Å². The Labute approximate surface area is 217 Å². The lowest BCUT2D eigenvalue weighted by Gasteiger charge is -2.28. The predicted molar refractivity (Wildman–Crippen MR) is 149 cm³/mol. The highest BCUT2D eigenvalue weighted by Crippen LogP contribution is 2.44. The third kappa shape index (κ3) is 4.13. The van der Waals surface area contributed by atoms with Gasteiger partial charge in [-0.25, -0.2) is 4.39 Å². The number of hydrogen-bond donors (Lipinski definition) is 1. The van der Waals surface area contributed by atoms with E-state index in [1.165, 1.54) is 6.07 Å². The van der Waals surface area contributed by atoms with Crippen molar-refractivity contribution in [3.63, 3.8) is 0 Å². The molecule has 0 radical (unpaired) electrons. The Morgan fingerprint density at radius 1 is 0.944 bits per heavy atom. The number of nitrogens with zero attached hydrogens (tertiary/aromatic N) is 4. The Bertz CT molecular complexity index is 1410. The number of aryl methyl sites for hydroxylation is 2. The highest BCUT2D eigenvalue weighted by atomic mass is 32.1. The zero-order valence-electron chi connectivity index (χ0n) is 21.2. The molecule has 4 aromatic rings. The lowest BCUT2D eigenvalue weighted by Crippen LogP contribution is -2.29. The normalized spacial score (nSPS) is 17.4. The summed E-state index contributed by atoms with van der Waals surface area (Å²) in [5.74, 6) is -0.228. The van der Waals surface area contributed by atoms with Crippen LogP contribution in [0.2, 0.25) is 0 Å². The van der Waals surface area contributed by atoms with E-state index in [1.807, 2.05) is 38.4 Å². The minimum Gasteiger partial charge on any atom is -0.378 e.